The molecule has 1 aliphatic carbocycles. The van der Waals surface area contributed by atoms with E-state index in [0.717, 1.165) is 31.4 Å². The summed E-state index contributed by atoms with van der Waals surface area (Å²) < 4.78 is 5.27. The lowest BCUT2D eigenvalue weighted by atomic mass is 9.81. The first-order valence-electron chi connectivity index (χ1n) is 6.22. The zero-order valence-corrected chi connectivity index (χ0v) is 10.0. The smallest absolute Gasteiger partial charge is 0.223 e. The fraction of sp³-hybridized carbons (Fsp3) is 0.500. The van der Waals surface area contributed by atoms with Crippen LogP contribution in [0.1, 0.15) is 24.0 Å². The number of rotatable bonds is 1. The Labute approximate surface area is 101 Å². The third-order valence-electron chi connectivity index (χ3n) is 3.93. The number of methoxy groups -OCH3 is 1. The van der Waals surface area contributed by atoms with E-state index >= 15 is 0 Å². The summed E-state index contributed by atoms with van der Waals surface area (Å²) in [6.07, 6.45) is 3.94. The Hall–Kier alpha value is -1.51. The van der Waals surface area contributed by atoms with Crippen molar-refractivity contribution in [1.82, 2.24) is 5.32 Å². The van der Waals surface area contributed by atoms with Gasteiger partial charge < -0.3 is 10.1 Å². The third kappa shape index (κ3) is 1.90. The molecule has 17 heavy (non-hydrogen) atoms. The molecule has 4 rings (SSSR count). The van der Waals surface area contributed by atoms with Crippen LogP contribution in [0.25, 0.3) is 0 Å². The fourth-order valence-corrected chi connectivity index (χ4v) is 2.92. The largest absolute Gasteiger partial charge is 0.497 e. The molecule has 1 N–H and O–H groups in total. The Kier molecular flexibility index (Phi) is 2.54. The zero-order chi connectivity index (χ0) is 11.8. The lowest BCUT2D eigenvalue weighted by molar-refractivity contribution is -0.127. The van der Waals surface area contributed by atoms with Crippen molar-refractivity contribution in [2.45, 2.75) is 31.7 Å². The molecule has 0 radical (unpaired) electrons. The van der Waals surface area contributed by atoms with Gasteiger partial charge in [-0.05, 0) is 48.9 Å². The molecule has 1 aromatic carbocycles. The second-order valence-corrected chi connectivity index (χ2v) is 5.02. The highest BCUT2D eigenvalue weighted by molar-refractivity contribution is 5.80. The van der Waals surface area contributed by atoms with Crippen LogP contribution in [-0.4, -0.2) is 19.1 Å². The minimum atomic E-state index is 0.165. The number of hydrogen-bond acceptors (Lipinski definition) is 2. The second-order valence-electron chi connectivity index (χ2n) is 5.02. The topological polar surface area (TPSA) is 38.3 Å². The van der Waals surface area contributed by atoms with Gasteiger partial charge in [0.05, 0.1) is 7.11 Å². The van der Waals surface area contributed by atoms with Gasteiger partial charge in [0.1, 0.15) is 5.75 Å². The van der Waals surface area contributed by atoms with Crippen molar-refractivity contribution in [1.29, 1.82) is 0 Å². The van der Waals surface area contributed by atoms with Crippen molar-refractivity contribution in [3.05, 3.63) is 29.3 Å². The molecule has 1 aromatic rings. The molecule has 0 spiro atoms. The van der Waals surface area contributed by atoms with Gasteiger partial charge >= 0.3 is 0 Å². The van der Waals surface area contributed by atoms with Crippen molar-refractivity contribution < 1.29 is 9.53 Å². The number of nitrogens with one attached hydrogen (secondary N) is 1. The number of benzene rings is 1. The highest BCUT2D eigenvalue weighted by atomic mass is 16.5. The van der Waals surface area contributed by atoms with E-state index in [9.17, 15) is 4.79 Å². The van der Waals surface area contributed by atoms with Crippen LogP contribution in [-0.2, 0) is 17.6 Å². The van der Waals surface area contributed by atoms with Crippen molar-refractivity contribution in [2.75, 3.05) is 7.11 Å². The minimum Gasteiger partial charge on any atom is -0.497 e. The predicted octanol–water partition coefficient (Wildman–Crippen LogP) is 1.69. The van der Waals surface area contributed by atoms with Crippen LogP contribution in [0.2, 0.25) is 0 Å². The van der Waals surface area contributed by atoms with E-state index in [1.807, 2.05) is 6.07 Å². The third-order valence-corrected chi connectivity index (χ3v) is 3.93. The van der Waals surface area contributed by atoms with Crippen LogP contribution in [0.5, 0.6) is 5.75 Å². The molecule has 2 aliphatic heterocycles. The summed E-state index contributed by atoms with van der Waals surface area (Å²) in [6.45, 7) is 0. The molecule has 2 heterocycles. The molecule has 0 saturated carbocycles. The van der Waals surface area contributed by atoms with Gasteiger partial charge in [0, 0.05) is 12.0 Å². The minimum absolute atomic E-state index is 0.165. The summed E-state index contributed by atoms with van der Waals surface area (Å²) in [5.41, 5.74) is 2.65. The molecule has 2 bridgehead atoms. The summed E-state index contributed by atoms with van der Waals surface area (Å²) in [6, 6.07) is 6.53. The summed E-state index contributed by atoms with van der Waals surface area (Å²) in [7, 11) is 1.69. The molecule has 1 saturated heterocycles. The summed E-state index contributed by atoms with van der Waals surface area (Å²) >= 11 is 0. The maximum Gasteiger partial charge on any atom is 0.223 e. The van der Waals surface area contributed by atoms with Gasteiger partial charge in [0.15, 0.2) is 0 Å². The Morgan fingerprint density at radius 2 is 2.12 bits per heavy atom. The molecular weight excluding hydrogens is 214 g/mol. The quantitative estimate of drug-likeness (QED) is 0.798. The molecule has 0 aromatic heterocycles. The molecule has 3 heteroatoms. The van der Waals surface area contributed by atoms with Crippen molar-refractivity contribution in [3.63, 3.8) is 0 Å². The number of amides is 1. The van der Waals surface area contributed by atoms with E-state index in [1.165, 1.54) is 11.1 Å². The number of piperidine rings is 1. The lowest BCUT2D eigenvalue weighted by Gasteiger charge is -2.33. The van der Waals surface area contributed by atoms with E-state index < -0.39 is 0 Å². The average Bonchev–Trinajstić information content (AvgIpc) is 2.30. The van der Waals surface area contributed by atoms with Crippen LogP contribution < -0.4 is 10.1 Å². The molecule has 90 valence electrons. The van der Waals surface area contributed by atoms with Gasteiger partial charge in [0.2, 0.25) is 5.91 Å². The maximum absolute atomic E-state index is 11.8. The molecule has 1 amide bonds. The van der Waals surface area contributed by atoms with Crippen LogP contribution in [0.3, 0.4) is 0 Å². The Morgan fingerprint density at radius 3 is 2.88 bits per heavy atom. The van der Waals surface area contributed by atoms with Crippen LogP contribution in [0, 0.1) is 5.92 Å². The van der Waals surface area contributed by atoms with Gasteiger partial charge in [-0.1, -0.05) is 6.07 Å². The van der Waals surface area contributed by atoms with E-state index in [2.05, 4.69) is 17.4 Å². The summed E-state index contributed by atoms with van der Waals surface area (Å²) in [5, 5.41) is 3.12. The number of hydrogen-bond donors (Lipinski definition) is 1. The monoisotopic (exact) mass is 231 g/mol. The number of ether oxygens (including phenoxy) is 1. The van der Waals surface area contributed by atoms with Crippen molar-refractivity contribution in [3.8, 4) is 5.75 Å². The fourth-order valence-electron chi connectivity index (χ4n) is 2.92. The first-order chi connectivity index (χ1) is 8.26. The maximum atomic E-state index is 11.8. The highest BCUT2D eigenvalue weighted by Gasteiger charge is 2.31. The SMILES string of the molecule is COc1ccc2c(c1)CC1CCC(C2)C(=O)N1. The first-order valence-corrected chi connectivity index (χ1v) is 6.22. The van der Waals surface area contributed by atoms with Gasteiger partial charge in [0.25, 0.3) is 0 Å². The number of carbonyl (C=O) groups excluding carboxylic acids is 1. The second kappa shape index (κ2) is 4.06. The first kappa shape index (κ1) is 10.6. The standard InChI is InChI=1S/C14H17NO2/c1-17-13-5-3-9-6-10-2-4-12(15-14(10)16)7-11(9)8-13/h3,5,8,10,12H,2,4,6-7H2,1H3,(H,15,16). The molecular formula is C14H17NO2. The van der Waals surface area contributed by atoms with E-state index in [4.69, 9.17) is 4.74 Å². The summed E-state index contributed by atoms with van der Waals surface area (Å²) in [4.78, 5) is 11.8. The van der Waals surface area contributed by atoms with Gasteiger partial charge in [-0.15, -0.1) is 0 Å². The van der Waals surface area contributed by atoms with Gasteiger partial charge in [-0.3, -0.25) is 4.79 Å². The Bertz CT molecular complexity index is 456. The number of carbonyl (C=O) groups is 1. The van der Waals surface area contributed by atoms with Crippen LogP contribution in [0.4, 0.5) is 0 Å². The molecule has 3 aliphatic rings. The normalized spacial score (nSPS) is 26.8. The van der Waals surface area contributed by atoms with Crippen LogP contribution >= 0.6 is 0 Å². The molecule has 2 unspecified atom stereocenters. The lowest BCUT2D eigenvalue weighted by Crippen LogP contribution is -2.47. The summed E-state index contributed by atoms with van der Waals surface area (Å²) in [5.74, 6) is 1.31. The average molecular weight is 231 g/mol. The Balaban J connectivity index is 1.99. The van der Waals surface area contributed by atoms with Crippen molar-refractivity contribution >= 4 is 5.91 Å². The highest BCUT2D eigenvalue weighted by Crippen LogP contribution is 2.30. The molecule has 2 atom stereocenters. The van der Waals surface area contributed by atoms with E-state index in [-0.39, 0.29) is 11.8 Å². The molecule has 3 nitrogen and oxygen atoms in total. The number of fused-ring (bicyclic) bond motifs is 2. The van der Waals surface area contributed by atoms with Gasteiger partial charge in [-0.2, -0.15) is 0 Å². The Morgan fingerprint density at radius 1 is 1.24 bits per heavy atom. The van der Waals surface area contributed by atoms with E-state index in [0.29, 0.717) is 6.04 Å². The van der Waals surface area contributed by atoms with Crippen molar-refractivity contribution in [2.24, 2.45) is 5.92 Å². The zero-order valence-electron chi connectivity index (χ0n) is 10.0. The molecule has 1 fully saturated rings. The van der Waals surface area contributed by atoms with E-state index in [1.54, 1.807) is 7.11 Å². The predicted molar refractivity (Wildman–Crippen MR) is 65.1 cm³/mol. The van der Waals surface area contributed by atoms with Crippen LogP contribution in [0.15, 0.2) is 18.2 Å². The van der Waals surface area contributed by atoms with Gasteiger partial charge in [-0.25, -0.2) is 0 Å².